The van der Waals surface area contributed by atoms with Crippen molar-refractivity contribution >= 4 is 17.4 Å². The second kappa shape index (κ2) is 10.0. The van der Waals surface area contributed by atoms with Crippen molar-refractivity contribution in [2.75, 3.05) is 47.7 Å². The molecule has 0 aliphatic carbocycles. The van der Waals surface area contributed by atoms with Gasteiger partial charge in [-0.3, -0.25) is 9.59 Å². The summed E-state index contributed by atoms with van der Waals surface area (Å²) in [5, 5.41) is 11.3. The summed E-state index contributed by atoms with van der Waals surface area (Å²) in [6.45, 7) is 1.47. The van der Waals surface area contributed by atoms with Gasteiger partial charge in [-0.05, 0) is 30.7 Å². The minimum atomic E-state index is -0.880. The Morgan fingerprint density at radius 2 is 1.82 bits per heavy atom. The molecule has 1 saturated heterocycles. The van der Waals surface area contributed by atoms with Crippen LogP contribution < -0.4 is 18.9 Å². The lowest BCUT2D eigenvalue weighted by Crippen LogP contribution is -2.31. The Morgan fingerprint density at radius 1 is 1.06 bits per heavy atom. The van der Waals surface area contributed by atoms with E-state index in [0.717, 1.165) is 0 Å². The molecule has 2 aromatic rings. The number of carbonyl (C=O) groups excluding carboxylic acids is 2. The number of Topliss-reactive ketones (excluding diaryl/α,β-unsaturated/α-hetero) is 1. The number of aliphatic hydroxyl groups is 1. The monoisotopic (exact) mass is 469 g/mol. The van der Waals surface area contributed by atoms with E-state index in [-0.39, 0.29) is 17.9 Å². The number of hydrogen-bond acceptors (Lipinski definition) is 8. The maximum atomic E-state index is 13.2. The van der Waals surface area contributed by atoms with E-state index in [2.05, 4.69) is 0 Å². The molecule has 1 fully saturated rings. The van der Waals surface area contributed by atoms with Gasteiger partial charge in [-0.25, -0.2) is 0 Å². The van der Waals surface area contributed by atoms with Crippen molar-refractivity contribution in [3.63, 3.8) is 0 Å². The average molecular weight is 469 g/mol. The summed E-state index contributed by atoms with van der Waals surface area (Å²) in [6.07, 6.45) is 0.510. The average Bonchev–Trinajstić information content (AvgIpc) is 3.12. The number of rotatable bonds is 8. The Balaban J connectivity index is 1.87. The highest BCUT2D eigenvalue weighted by Gasteiger charge is 2.47. The van der Waals surface area contributed by atoms with E-state index in [4.69, 9.17) is 23.7 Å². The Hall–Kier alpha value is -3.72. The van der Waals surface area contributed by atoms with Crippen LogP contribution in [0.25, 0.3) is 5.76 Å². The summed E-state index contributed by atoms with van der Waals surface area (Å²) in [6, 6.07) is 9.23. The topological polar surface area (TPSA) is 104 Å². The molecule has 180 valence electrons. The number of fused-ring (bicyclic) bond motifs is 1. The maximum absolute atomic E-state index is 13.2. The Labute approximate surface area is 197 Å². The molecule has 2 aromatic carbocycles. The summed E-state index contributed by atoms with van der Waals surface area (Å²) in [5.74, 6) is 0.0432. The van der Waals surface area contributed by atoms with Crippen LogP contribution in [0.2, 0.25) is 0 Å². The number of likely N-dealkylation sites (tertiary alicyclic amines) is 1. The van der Waals surface area contributed by atoms with Gasteiger partial charge in [0.1, 0.15) is 19.0 Å². The predicted molar refractivity (Wildman–Crippen MR) is 122 cm³/mol. The first-order valence-corrected chi connectivity index (χ1v) is 10.9. The fourth-order valence-corrected chi connectivity index (χ4v) is 4.29. The zero-order valence-corrected chi connectivity index (χ0v) is 19.3. The Bertz CT molecular complexity index is 1130. The molecule has 9 nitrogen and oxygen atoms in total. The zero-order chi connectivity index (χ0) is 24.2. The number of ketones is 1. The first-order chi connectivity index (χ1) is 16.5. The number of aliphatic hydroxyl groups excluding tert-OH is 1. The van der Waals surface area contributed by atoms with Gasteiger partial charge >= 0.3 is 0 Å². The summed E-state index contributed by atoms with van der Waals surface area (Å²) in [4.78, 5) is 27.7. The van der Waals surface area contributed by atoms with Crippen LogP contribution in [0.15, 0.2) is 42.0 Å². The summed E-state index contributed by atoms with van der Waals surface area (Å²) >= 11 is 0. The largest absolute Gasteiger partial charge is 0.507 e. The molecular formula is C25H27NO8. The number of nitrogens with zero attached hydrogens (tertiary/aromatic N) is 1. The van der Waals surface area contributed by atoms with Gasteiger partial charge in [0, 0.05) is 31.4 Å². The molecule has 0 saturated carbocycles. The molecule has 1 atom stereocenters. The van der Waals surface area contributed by atoms with Crippen LogP contribution in [0.3, 0.4) is 0 Å². The first kappa shape index (κ1) is 23.4. The molecule has 34 heavy (non-hydrogen) atoms. The van der Waals surface area contributed by atoms with E-state index in [1.165, 1.54) is 19.1 Å². The van der Waals surface area contributed by atoms with E-state index in [0.29, 0.717) is 60.4 Å². The third-order valence-corrected chi connectivity index (χ3v) is 5.83. The highest BCUT2D eigenvalue weighted by molar-refractivity contribution is 6.46. The number of methoxy groups -OCH3 is 3. The Kier molecular flexibility index (Phi) is 6.93. The van der Waals surface area contributed by atoms with Crippen molar-refractivity contribution in [2.45, 2.75) is 12.5 Å². The minimum Gasteiger partial charge on any atom is -0.507 e. The standard InChI is InChI=1S/C25H27NO8/c1-30-11-5-10-26-21(16-6-4-7-18(31-2)24(16)32-3)20(23(28)25(26)29)22(27)15-8-9-17-19(14-15)34-13-12-33-17/h4,6-9,14,21,27H,5,10-13H2,1-3H3/b22-20+. The summed E-state index contributed by atoms with van der Waals surface area (Å²) in [5.41, 5.74) is 0.828. The molecule has 2 aliphatic heterocycles. The molecule has 0 radical (unpaired) electrons. The number of carbonyl (C=O) groups is 2. The van der Waals surface area contributed by atoms with Crippen LogP contribution in [0.4, 0.5) is 0 Å². The molecular weight excluding hydrogens is 442 g/mol. The SMILES string of the molecule is COCCCN1C(=O)C(=O)/C(=C(/O)c2ccc3c(c2)OCCO3)C1c1cccc(OC)c1OC. The molecule has 2 aliphatic rings. The van der Waals surface area contributed by atoms with Crippen LogP contribution in [0.1, 0.15) is 23.6 Å². The molecule has 0 spiro atoms. The van der Waals surface area contributed by atoms with Crippen LogP contribution in [-0.2, 0) is 14.3 Å². The van der Waals surface area contributed by atoms with Crippen molar-refractivity contribution < 1.29 is 38.4 Å². The highest BCUT2D eigenvalue weighted by Crippen LogP contribution is 2.46. The fourth-order valence-electron chi connectivity index (χ4n) is 4.29. The molecule has 4 rings (SSSR count). The molecule has 1 N–H and O–H groups in total. The van der Waals surface area contributed by atoms with Gasteiger partial charge in [-0.2, -0.15) is 0 Å². The molecule has 0 bridgehead atoms. The van der Waals surface area contributed by atoms with Gasteiger partial charge in [-0.15, -0.1) is 0 Å². The van der Waals surface area contributed by atoms with Crippen LogP contribution in [0, 0.1) is 0 Å². The van der Waals surface area contributed by atoms with Gasteiger partial charge in [0.15, 0.2) is 23.0 Å². The van der Waals surface area contributed by atoms with Gasteiger partial charge in [0.25, 0.3) is 11.7 Å². The highest BCUT2D eigenvalue weighted by atomic mass is 16.6. The van der Waals surface area contributed by atoms with Gasteiger partial charge in [0.05, 0.1) is 25.8 Å². The van der Waals surface area contributed by atoms with Crippen molar-refractivity contribution in [3.8, 4) is 23.0 Å². The lowest BCUT2D eigenvalue weighted by molar-refractivity contribution is -0.140. The predicted octanol–water partition coefficient (Wildman–Crippen LogP) is 2.93. The van der Waals surface area contributed by atoms with E-state index in [1.54, 1.807) is 43.5 Å². The van der Waals surface area contributed by atoms with Gasteiger partial charge < -0.3 is 33.7 Å². The fraction of sp³-hybridized carbons (Fsp3) is 0.360. The van der Waals surface area contributed by atoms with E-state index in [1.807, 2.05) is 0 Å². The summed E-state index contributed by atoms with van der Waals surface area (Å²) < 4.78 is 27.3. The van der Waals surface area contributed by atoms with Crippen molar-refractivity contribution in [3.05, 3.63) is 53.1 Å². The first-order valence-electron chi connectivity index (χ1n) is 10.9. The van der Waals surface area contributed by atoms with Crippen LogP contribution in [0.5, 0.6) is 23.0 Å². The second-order valence-electron chi connectivity index (χ2n) is 7.78. The third-order valence-electron chi connectivity index (χ3n) is 5.83. The smallest absolute Gasteiger partial charge is 0.295 e. The van der Waals surface area contributed by atoms with Crippen LogP contribution in [-0.4, -0.2) is 69.4 Å². The number of ether oxygens (including phenoxy) is 5. The number of amides is 1. The van der Waals surface area contributed by atoms with Gasteiger partial charge in [0.2, 0.25) is 0 Å². The molecule has 1 unspecified atom stereocenters. The number of hydrogen-bond donors (Lipinski definition) is 1. The van der Waals surface area contributed by atoms with E-state index < -0.39 is 17.7 Å². The zero-order valence-electron chi connectivity index (χ0n) is 19.3. The van der Waals surface area contributed by atoms with Crippen molar-refractivity contribution in [2.24, 2.45) is 0 Å². The van der Waals surface area contributed by atoms with Gasteiger partial charge in [-0.1, -0.05) is 12.1 Å². The molecule has 0 aromatic heterocycles. The Morgan fingerprint density at radius 3 is 2.53 bits per heavy atom. The molecule has 9 heteroatoms. The third kappa shape index (κ3) is 4.14. The van der Waals surface area contributed by atoms with Crippen LogP contribution >= 0.6 is 0 Å². The molecule has 1 amide bonds. The number of para-hydroxylation sites is 1. The quantitative estimate of drug-likeness (QED) is 0.272. The van der Waals surface area contributed by atoms with E-state index >= 15 is 0 Å². The lowest BCUT2D eigenvalue weighted by Gasteiger charge is -2.27. The molecule has 2 heterocycles. The van der Waals surface area contributed by atoms with Crippen molar-refractivity contribution in [1.29, 1.82) is 0 Å². The second-order valence-corrected chi connectivity index (χ2v) is 7.78. The van der Waals surface area contributed by atoms with Crippen molar-refractivity contribution in [1.82, 2.24) is 4.90 Å². The summed E-state index contributed by atoms with van der Waals surface area (Å²) in [7, 11) is 4.56. The normalized spacial score (nSPS) is 18.8. The lowest BCUT2D eigenvalue weighted by atomic mass is 9.94. The van der Waals surface area contributed by atoms with E-state index in [9.17, 15) is 14.7 Å². The minimum absolute atomic E-state index is 0.0364. The maximum Gasteiger partial charge on any atom is 0.295 e. The number of benzene rings is 2.